The summed E-state index contributed by atoms with van der Waals surface area (Å²) in [5, 5.41) is 0. The Hall–Kier alpha value is -1.37. The molecule has 0 heterocycles. The summed E-state index contributed by atoms with van der Waals surface area (Å²) in [6.07, 6.45) is 1.70. The van der Waals surface area contributed by atoms with Crippen molar-refractivity contribution >= 4 is 5.78 Å². The minimum atomic E-state index is -0.0359. The molecule has 1 unspecified atom stereocenters. The lowest BCUT2D eigenvalue weighted by atomic mass is 9.76. The van der Waals surface area contributed by atoms with E-state index in [0.717, 1.165) is 11.1 Å². The Morgan fingerprint density at radius 1 is 1.36 bits per heavy atom. The van der Waals surface area contributed by atoms with Gasteiger partial charge in [-0.3, -0.25) is 4.79 Å². The van der Waals surface area contributed by atoms with E-state index in [1.54, 1.807) is 6.08 Å². The molecule has 0 spiro atoms. The van der Waals surface area contributed by atoms with E-state index < -0.39 is 0 Å². The van der Waals surface area contributed by atoms with Crippen LogP contribution in [0.1, 0.15) is 21.8 Å². The van der Waals surface area contributed by atoms with Crippen molar-refractivity contribution in [2.75, 3.05) is 0 Å². The zero-order chi connectivity index (χ0) is 7.84. The maximum atomic E-state index is 11.2. The van der Waals surface area contributed by atoms with E-state index >= 15 is 0 Å². The van der Waals surface area contributed by atoms with Crippen LogP contribution >= 0.6 is 0 Å². The number of hydrogen-bond acceptors (Lipinski definition) is 1. The van der Waals surface area contributed by atoms with Crippen LogP contribution in [-0.4, -0.2) is 5.78 Å². The molecular weight excluding hydrogens is 136 g/mol. The predicted molar refractivity (Wildman–Crippen MR) is 43.7 cm³/mol. The minimum absolute atomic E-state index is 0.0359. The van der Waals surface area contributed by atoms with E-state index in [-0.39, 0.29) is 11.7 Å². The summed E-state index contributed by atoms with van der Waals surface area (Å²) in [5.41, 5.74) is 1.98. The molecular formula is C10H8O. The molecule has 0 aromatic heterocycles. The molecule has 0 aliphatic heterocycles. The molecule has 0 amide bonds. The average Bonchev–Trinajstić information content (AvgIpc) is 2.05. The molecule has 0 radical (unpaired) electrons. The molecule has 1 aromatic rings. The first-order valence-corrected chi connectivity index (χ1v) is 3.60. The Kier molecular flexibility index (Phi) is 1.19. The standard InChI is InChI=1S/C10H8O/c1-2-7-8-5-3-4-6-9(8)10(7)11/h2-7H,1H2. The maximum Gasteiger partial charge on any atom is 0.174 e. The summed E-state index contributed by atoms with van der Waals surface area (Å²) in [7, 11) is 0. The predicted octanol–water partition coefficient (Wildman–Crippen LogP) is 2.15. The first kappa shape index (κ1) is 6.35. The van der Waals surface area contributed by atoms with Crippen molar-refractivity contribution in [3.63, 3.8) is 0 Å². The smallest absolute Gasteiger partial charge is 0.174 e. The summed E-state index contributed by atoms with van der Waals surface area (Å²) in [4.78, 5) is 11.2. The molecule has 1 atom stereocenters. The quantitative estimate of drug-likeness (QED) is 0.552. The van der Waals surface area contributed by atoms with Gasteiger partial charge >= 0.3 is 0 Å². The highest BCUT2D eigenvalue weighted by molar-refractivity contribution is 6.11. The fraction of sp³-hybridized carbons (Fsp3) is 0.100. The van der Waals surface area contributed by atoms with Crippen LogP contribution in [0.25, 0.3) is 0 Å². The Morgan fingerprint density at radius 2 is 2.09 bits per heavy atom. The molecule has 1 aromatic carbocycles. The highest BCUT2D eigenvalue weighted by Crippen LogP contribution is 2.34. The van der Waals surface area contributed by atoms with E-state index in [1.165, 1.54) is 0 Å². The van der Waals surface area contributed by atoms with Crippen LogP contribution in [0.15, 0.2) is 36.9 Å². The summed E-state index contributed by atoms with van der Waals surface area (Å²) in [6.45, 7) is 3.61. The van der Waals surface area contributed by atoms with Crippen molar-refractivity contribution in [3.05, 3.63) is 48.0 Å². The molecule has 54 valence electrons. The largest absolute Gasteiger partial charge is 0.293 e. The fourth-order valence-electron chi connectivity index (χ4n) is 1.46. The number of ketones is 1. The van der Waals surface area contributed by atoms with E-state index in [9.17, 15) is 4.79 Å². The third-order valence-electron chi connectivity index (χ3n) is 2.08. The summed E-state index contributed by atoms with van der Waals surface area (Å²) >= 11 is 0. The van der Waals surface area contributed by atoms with Crippen LogP contribution in [0.4, 0.5) is 0 Å². The first-order chi connectivity index (χ1) is 5.34. The molecule has 0 N–H and O–H groups in total. The molecule has 0 bridgehead atoms. The van der Waals surface area contributed by atoms with Gasteiger partial charge in [-0.1, -0.05) is 30.3 Å². The lowest BCUT2D eigenvalue weighted by Crippen LogP contribution is -2.24. The van der Waals surface area contributed by atoms with E-state index in [1.807, 2.05) is 24.3 Å². The van der Waals surface area contributed by atoms with Crippen molar-refractivity contribution in [2.45, 2.75) is 5.92 Å². The SMILES string of the molecule is C=CC1C(=O)c2ccccc21. The van der Waals surface area contributed by atoms with Crippen LogP contribution in [0.3, 0.4) is 0 Å². The van der Waals surface area contributed by atoms with Gasteiger partial charge < -0.3 is 0 Å². The van der Waals surface area contributed by atoms with Crippen molar-refractivity contribution in [3.8, 4) is 0 Å². The molecule has 0 saturated carbocycles. The van der Waals surface area contributed by atoms with Gasteiger partial charge in [-0.2, -0.15) is 0 Å². The lowest BCUT2D eigenvalue weighted by Gasteiger charge is -2.24. The number of fused-ring (bicyclic) bond motifs is 1. The first-order valence-electron chi connectivity index (χ1n) is 3.60. The zero-order valence-corrected chi connectivity index (χ0v) is 6.08. The van der Waals surface area contributed by atoms with Crippen LogP contribution in [0.5, 0.6) is 0 Å². The van der Waals surface area contributed by atoms with Gasteiger partial charge in [0.2, 0.25) is 0 Å². The second-order valence-corrected chi connectivity index (χ2v) is 2.66. The second kappa shape index (κ2) is 2.06. The molecule has 1 aliphatic rings. The van der Waals surface area contributed by atoms with Crippen LogP contribution in [0, 0.1) is 0 Å². The monoisotopic (exact) mass is 144 g/mol. The van der Waals surface area contributed by atoms with Gasteiger partial charge in [-0.25, -0.2) is 0 Å². The number of carbonyl (C=O) groups excluding carboxylic acids is 1. The van der Waals surface area contributed by atoms with Crippen molar-refractivity contribution < 1.29 is 4.79 Å². The van der Waals surface area contributed by atoms with E-state index in [0.29, 0.717) is 0 Å². The van der Waals surface area contributed by atoms with Gasteiger partial charge in [0, 0.05) is 5.56 Å². The highest BCUT2D eigenvalue weighted by Gasteiger charge is 2.32. The van der Waals surface area contributed by atoms with Gasteiger partial charge in [-0.15, -0.1) is 6.58 Å². The van der Waals surface area contributed by atoms with Crippen LogP contribution in [-0.2, 0) is 0 Å². The molecule has 0 saturated heterocycles. The number of allylic oxidation sites excluding steroid dienone is 1. The van der Waals surface area contributed by atoms with E-state index in [4.69, 9.17) is 0 Å². The van der Waals surface area contributed by atoms with Gasteiger partial charge in [0.05, 0.1) is 5.92 Å². The molecule has 1 heteroatoms. The lowest BCUT2D eigenvalue weighted by molar-refractivity contribution is 0.0948. The van der Waals surface area contributed by atoms with Gasteiger partial charge in [0.25, 0.3) is 0 Å². The van der Waals surface area contributed by atoms with Gasteiger partial charge in [0.1, 0.15) is 0 Å². The maximum absolute atomic E-state index is 11.2. The highest BCUT2D eigenvalue weighted by atomic mass is 16.1. The van der Waals surface area contributed by atoms with Gasteiger partial charge in [-0.05, 0) is 5.56 Å². The molecule has 0 fully saturated rings. The summed E-state index contributed by atoms with van der Waals surface area (Å²) in [6, 6.07) is 7.67. The second-order valence-electron chi connectivity index (χ2n) is 2.66. The Balaban J connectivity index is 2.55. The Bertz CT molecular complexity index is 325. The normalized spacial score (nSPS) is 20.4. The van der Waals surface area contributed by atoms with Crippen molar-refractivity contribution in [1.82, 2.24) is 0 Å². The molecule has 1 nitrogen and oxygen atoms in total. The third-order valence-corrected chi connectivity index (χ3v) is 2.08. The third kappa shape index (κ3) is 0.679. The number of rotatable bonds is 1. The fourth-order valence-corrected chi connectivity index (χ4v) is 1.46. The van der Waals surface area contributed by atoms with Crippen molar-refractivity contribution in [2.24, 2.45) is 0 Å². The number of carbonyl (C=O) groups is 1. The molecule has 1 aliphatic carbocycles. The van der Waals surface area contributed by atoms with Crippen molar-refractivity contribution in [1.29, 1.82) is 0 Å². The van der Waals surface area contributed by atoms with Crippen LogP contribution < -0.4 is 0 Å². The Morgan fingerprint density at radius 3 is 2.82 bits per heavy atom. The Labute approximate surface area is 65.4 Å². The van der Waals surface area contributed by atoms with Crippen LogP contribution in [0.2, 0.25) is 0 Å². The number of hydrogen-bond donors (Lipinski definition) is 0. The van der Waals surface area contributed by atoms with E-state index in [2.05, 4.69) is 6.58 Å². The minimum Gasteiger partial charge on any atom is -0.293 e. The summed E-state index contributed by atoms with van der Waals surface area (Å²) < 4.78 is 0. The summed E-state index contributed by atoms with van der Waals surface area (Å²) in [5.74, 6) is 0.168. The van der Waals surface area contributed by atoms with Gasteiger partial charge in [0.15, 0.2) is 5.78 Å². The molecule has 11 heavy (non-hydrogen) atoms. The topological polar surface area (TPSA) is 17.1 Å². The number of benzene rings is 1. The molecule has 2 rings (SSSR count). The number of Topliss-reactive ketones (excluding diaryl/α,β-unsaturated/α-hetero) is 1. The zero-order valence-electron chi connectivity index (χ0n) is 6.08. The average molecular weight is 144 g/mol.